The van der Waals surface area contributed by atoms with E-state index in [0.29, 0.717) is 19.0 Å². The van der Waals surface area contributed by atoms with Crippen molar-refractivity contribution >= 4 is 10.0 Å². The summed E-state index contributed by atoms with van der Waals surface area (Å²) in [5.74, 6) is 1.97. The van der Waals surface area contributed by atoms with Gasteiger partial charge in [0.25, 0.3) is 0 Å². The average Bonchev–Trinajstić information content (AvgIpc) is 3.27. The molecule has 0 atom stereocenters. The first-order valence-electron chi connectivity index (χ1n) is 8.57. The van der Waals surface area contributed by atoms with Gasteiger partial charge in [0, 0.05) is 36.1 Å². The highest BCUT2D eigenvalue weighted by Crippen LogP contribution is 2.40. The molecule has 0 bridgehead atoms. The summed E-state index contributed by atoms with van der Waals surface area (Å²) >= 11 is 0. The van der Waals surface area contributed by atoms with Crippen LogP contribution in [-0.2, 0) is 29.4 Å². The summed E-state index contributed by atoms with van der Waals surface area (Å²) in [6, 6.07) is 7.12. The Bertz CT molecular complexity index is 936. The zero-order valence-corrected chi connectivity index (χ0v) is 15.6. The average molecular weight is 375 g/mol. The third-order valence-electron chi connectivity index (χ3n) is 4.81. The normalized spacial score (nSPS) is 15.2. The van der Waals surface area contributed by atoms with Crippen LogP contribution in [0.25, 0.3) is 0 Å². The molecule has 0 amide bonds. The minimum atomic E-state index is -3.73. The van der Waals surface area contributed by atoms with Gasteiger partial charge in [-0.25, -0.2) is 13.1 Å². The van der Waals surface area contributed by atoms with Crippen LogP contribution in [0.1, 0.15) is 22.3 Å². The van der Waals surface area contributed by atoms with E-state index in [1.165, 1.54) is 7.11 Å². The molecule has 2 aromatic rings. The maximum Gasteiger partial charge on any atom is 0.244 e. The van der Waals surface area contributed by atoms with Crippen molar-refractivity contribution in [3.05, 3.63) is 46.5 Å². The van der Waals surface area contributed by atoms with Crippen molar-refractivity contribution in [2.75, 3.05) is 20.3 Å². The summed E-state index contributed by atoms with van der Waals surface area (Å²) in [4.78, 5) is 0.140. The summed E-state index contributed by atoms with van der Waals surface area (Å²) in [6.07, 6.45) is 1.58. The minimum Gasteiger partial charge on any atom is -0.495 e. The Balaban J connectivity index is 1.67. The van der Waals surface area contributed by atoms with Gasteiger partial charge in [-0.15, -0.1) is 0 Å². The smallest absolute Gasteiger partial charge is 0.244 e. The molecule has 138 valence electrons. The van der Waals surface area contributed by atoms with E-state index < -0.39 is 10.0 Å². The highest BCUT2D eigenvalue weighted by atomic mass is 32.2. The lowest BCUT2D eigenvalue weighted by Gasteiger charge is -2.15. The van der Waals surface area contributed by atoms with E-state index in [4.69, 9.17) is 14.2 Å². The van der Waals surface area contributed by atoms with Crippen molar-refractivity contribution in [1.29, 1.82) is 0 Å². The Morgan fingerprint density at radius 2 is 1.96 bits per heavy atom. The molecule has 2 aliphatic heterocycles. The van der Waals surface area contributed by atoms with Gasteiger partial charge < -0.3 is 14.2 Å². The molecular formula is C19H21NO5S. The lowest BCUT2D eigenvalue weighted by Crippen LogP contribution is -2.24. The number of benzene rings is 2. The fraction of sp³-hybridized carbons (Fsp3) is 0.368. The van der Waals surface area contributed by atoms with Crippen LogP contribution in [0.3, 0.4) is 0 Å². The first kappa shape index (κ1) is 17.2. The molecule has 0 unspecified atom stereocenters. The molecule has 4 rings (SSSR count). The van der Waals surface area contributed by atoms with Crippen LogP contribution in [0.2, 0.25) is 0 Å². The number of sulfonamides is 1. The third-order valence-corrected chi connectivity index (χ3v) is 6.23. The largest absolute Gasteiger partial charge is 0.495 e. The van der Waals surface area contributed by atoms with E-state index in [2.05, 4.69) is 4.72 Å². The predicted octanol–water partition coefficient (Wildman–Crippen LogP) is 2.35. The van der Waals surface area contributed by atoms with Crippen LogP contribution >= 0.6 is 0 Å². The summed E-state index contributed by atoms with van der Waals surface area (Å²) < 4.78 is 45.1. The summed E-state index contributed by atoms with van der Waals surface area (Å²) in [7, 11) is -2.27. The summed E-state index contributed by atoms with van der Waals surface area (Å²) in [5, 5.41) is 0. The quantitative estimate of drug-likeness (QED) is 0.868. The second kappa shape index (κ2) is 6.48. The SMILES string of the molecule is COc1ccc(C)cc1S(=O)(=O)NCc1c2c(cc3c1OCC3)OCC2. The van der Waals surface area contributed by atoms with E-state index in [1.807, 2.05) is 19.1 Å². The van der Waals surface area contributed by atoms with Gasteiger partial charge in [-0.05, 0) is 30.7 Å². The Morgan fingerprint density at radius 1 is 1.15 bits per heavy atom. The van der Waals surface area contributed by atoms with E-state index in [1.54, 1.807) is 12.1 Å². The Labute approximate surface area is 153 Å². The number of fused-ring (bicyclic) bond motifs is 2. The molecule has 0 saturated carbocycles. The van der Waals surface area contributed by atoms with E-state index >= 15 is 0 Å². The van der Waals surface area contributed by atoms with Crippen LogP contribution < -0.4 is 18.9 Å². The van der Waals surface area contributed by atoms with Gasteiger partial charge in [-0.3, -0.25) is 0 Å². The fourth-order valence-corrected chi connectivity index (χ4v) is 4.76. The summed E-state index contributed by atoms with van der Waals surface area (Å²) in [6.45, 7) is 3.24. The predicted molar refractivity (Wildman–Crippen MR) is 96.6 cm³/mol. The number of ether oxygens (including phenoxy) is 3. The standard InChI is InChI=1S/C19H21NO5S/c1-12-3-4-16(23-2)18(9-12)26(21,22)20-11-15-14-6-8-24-17(14)10-13-5-7-25-19(13)15/h3-4,9-10,20H,5-8,11H2,1-2H3. The molecule has 0 aliphatic carbocycles. The van der Waals surface area contributed by atoms with Gasteiger partial charge in [0.2, 0.25) is 10.0 Å². The molecule has 0 aromatic heterocycles. The highest BCUT2D eigenvalue weighted by Gasteiger charge is 2.28. The molecule has 0 fully saturated rings. The molecule has 1 N–H and O–H groups in total. The van der Waals surface area contributed by atoms with Crippen molar-refractivity contribution in [3.63, 3.8) is 0 Å². The lowest BCUT2D eigenvalue weighted by atomic mass is 10.00. The molecule has 7 heteroatoms. The van der Waals surface area contributed by atoms with Crippen LogP contribution in [-0.4, -0.2) is 28.7 Å². The number of hydrogen-bond donors (Lipinski definition) is 1. The Morgan fingerprint density at radius 3 is 2.77 bits per heavy atom. The van der Waals surface area contributed by atoms with Crippen molar-refractivity contribution in [3.8, 4) is 17.2 Å². The third kappa shape index (κ3) is 2.91. The first-order valence-corrected chi connectivity index (χ1v) is 10.1. The molecule has 0 saturated heterocycles. The topological polar surface area (TPSA) is 73.9 Å². The number of aryl methyl sites for hydroxylation is 1. The lowest BCUT2D eigenvalue weighted by molar-refractivity contribution is 0.352. The number of methoxy groups -OCH3 is 1. The van der Waals surface area contributed by atoms with E-state index in [-0.39, 0.29) is 11.4 Å². The number of hydrogen-bond acceptors (Lipinski definition) is 5. The minimum absolute atomic E-state index is 0.140. The Kier molecular flexibility index (Phi) is 4.28. The van der Waals surface area contributed by atoms with Crippen LogP contribution in [0.5, 0.6) is 17.2 Å². The van der Waals surface area contributed by atoms with Crippen LogP contribution in [0, 0.1) is 6.92 Å². The monoisotopic (exact) mass is 375 g/mol. The number of rotatable bonds is 5. The molecule has 0 spiro atoms. The molecule has 26 heavy (non-hydrogen) atoms. The molecular weight excluding hydrogens is 354 g/mol. The molecule has 2 aromatic carbocycles. The van der Waals surface area contributed by atoms with Crippen molar-refractivity contribution in [2.24, 2.45) is 0 Å². The fourth-order valence-electron chi connectivity index (χ4n) is 3.51. The Hall–Kier alpha value is -2.25. The number of nitrogens with one attached hydrogen (secondary N) is 1. The van der Waals surface area contributed by atoms with Gasteiger partial charge in [-0.2, -0.15) is 0 Å². The molecule has 2 heterocycles. The van der Waals surface area contributed by atoms with Gasteiger partial charge in [0.1, 0.15) is 22.1 Å². The molecule has 2 aliphatic rings. The zero-order chi connectivity index (χ0) is 18.3. The maximum absolute atomic E-state index is 12.9. The van der Waals surface area contributed by atoms with E-state index in [0.717, 1.165) is 46.6 Å². The second-order valence-corrected chi connectivity index (χ2v) is 8.23. The zero-order valence-electron chi connectivity index (χ0n) is 14.8. The van der Waals surface area contributed by atoms with Crippen molar-refractivity contribution in [2.45, 2.75) is 31.2 Å². The van der Waals surface area contributed by atoms with Crippen molar-refractivity contribution < 1.29 is 22.6 Å². The van der Waals surface area contributed by atoms with Crippen molar-refractivity contribution in [1.82, 2.24) is 4.72 Å². The van der Waals surface area contributed by atoms with Crippen LogP contribution in [0.4, 0.5) is 0 Å². The maximum atomic E-state index is 12.9. The van der Waals surface area contributed by atoms with Crippen LogP contribution in [0.15, 0.2) is 29.2 Å². The summed E-state index contributed by atoms with van der Waals surface area (Å²) in [5.41, 5.74) is 3.84. The van der Waals surface area contributed by atoms with Gasteiger partial charge >= 0.3 is 0 Å². The molecule has 0 radical (unpaired) electrons. The first-order chi connectivity index (χ1) is 12.5. The van der Waals surface area contributed by atoms with E-state index in [9.17, 15) is 8.42 Å². The van der Waals surface area contributed by atoms with Gasteiger partial charge in [0.15, 0.2) is 0 Å². The van der Waals surface area contributed by atoms with Gasteiger partial charge in [0.05, 0.1) is 20.3 Å². The highest BCUT2D eigenvalue weighted by molar-refractivity contribution is 7.89. The second-order valence-electron chi connectivity index (χ2n) is 6.50. The molecule has 6 nitrogen and oxygen atoms in total. The van der Waals surface area contributed by atoms with Gasteiger partial charge in [-0.1, -0.05) is 6.07 Å².